The first-order valence-corrected chi connectivity index (χ1v) is 5.95. The highest BCUT2D eigenvalue weighted by molar-refractivity contribution is 5.94. The van der Waals surface area contributed by atoms with Crippen molar-refractivity contribution in [2.24, 2.45) is 0 Å². The van der Waals surface area contributed by atoms with Gasteiger partial charge in [-0.25, -0.2) is 0 Å². The molecule has 1 aliphatic heterocycles. The smallest absolute Gasteiger partial charge is 0.251 e. The van der Waals surface area contributed by atoms with Crippen molar-refractivity contribution in [3.8, 4) is 0 Å². The Labute approximate surface area is 101 Å². The lowest BCUT2D eigenvalue weighted by Gasteiger charge is -2.19. The van der Waals surface area contributed by atoms with Crippen molar-refractivity contribution in [3.05, 3.63) is 29.8 Å². The SMILES string of the molecule is CC(NC(=O)c1ccc(N)cc1)C1CCCO1. The minimum atomic E-state index is -0.0759. The number of nitrogens with one attached hydrogen (secondary N) is 1. The van der Waals surface area contributed by atoms with Crippen LogP contribution in [0, 0.1) is 0 Å². The average molecular weight is 234 g/mol. The summed E-state index contributed by atoms with van der Waals surface area (Å²) in [5, 5.41) is 2.95. The van der Waals surface area contributed by atoms with Gasteiger partial charge in [-0.1, -0.05) is 0 Å². The molecule has 0 radical (unpaired) electrons. The van der Waals surface area contributed by atoms with Gasteiger partial charge in [0, 0.05) is 17.9 Å². The Morgan fingerprint density at radius 3 is 2.76 bits per heavy atom. The summed E-state index contributed by atoms with van der Waals surface area (Å²) in [7, 11) is 0. The number of ether oxygens (including phenoxy) is 1. The molecule has 92 valence electrons. The monoisotopic (exact) mass is 234 g/mol. The predicted molar refractivity (Wildman–Crippen MR) is 66.8 cm³/mol. The number of nitrogens with two attached hydrogens (primary N) is 1. The van der Waals surface area contributed by atoms with Crippen molar-refractivity contribution in [2.75, 3.05) is 12.3 Å². The standard InChI is InChI=1S/C13H18N2O2/c1-9(12-3-2-8-17-12)15-13(16)10-4-6-11(14)7-5-10/h4-7,9,12H,2-3,8,14H2,1H3,(H,15,16). The molecule has 1 fully saturated rings. The Hall–Kier alpha value is -1.55. The molecule has 1 aromatic rings. The largest absolute Gasteiger partial charge is 0.399 e. The zero-order valence-electron chi connectivity index (χ0n) is 9.98. The number of anilines is 1. The normalized spacial score (nSPS) is 21.1. The highest BCUT2D eigenvalue weighted by atomic mass is 16.5. The van der Waals surface area contributed by atoms with Gasteiger partial charge in [-0.05, 0) is 44.0 Å². The first-order valence-electron chi connectivity index (χ1n) is 5.95. The van der Waals surface area contributed by atoms with Crippen LogP contribution in [0.1, 0.15) is 30.1 Å². The summed E-state index contributed by atoms with van der Waals surface area (Å²) < 4.78 is 5.54. The van der Waals surface area contributed by atoms with Crippen LogP contribution < -0.4 is 11.1 Å². The fraction of sp³-hybridized carbons (Fsp3) is 0.462. The van der Waals surface area contributed by atoms with Crippen LogP contribution in [0.15, 0.2) is 24.3 Å². The Morgan fingerprint density at radius 2 is 2.18 bits per heavy atom. The van der Waals surface area contributed by atoms with Crippen molar-refractivity contribution >= 4 is 11.6 Å². The minimum absolute atomic E-state index is 0.0440. The molecule has 2 unspecified atom stereocenters. The van der Waals surface area contributed by atoms with E-state index in [0.29, 0.717) is 11.3 Å². The van der Waals surface area contributed by atoms with Crippen molar-refractivity contribution in [3.63, 3.8) is 0 Å². The third-order valence-electron chi connectivity index (χ3n) is 3.05. The number of rotatable bonds is 3. The molecule has 0 saturated carbocycles. The summed E-state index contributed by atoms with van der Waals surface area (Å²) in [5.74, 6) is -0.0759. The van der Waals surface area contributed by atoms with Crippen LogP contribution in [0.2, 0.25) is 0 Å². The molecular weight excluding hydrogens is 216 g/mol. The van der Waals surface area contributed by atoms with Gasteiger partial charge in [-0.3, -0.25) is 4.79 Å². The highest BCUT2D eigenvalue weighted by Gasteiger charge is 2.23. The van der Waals surface area contributed by atoms with Crippen LogP contribution in [0.3, 0.4) is 0 Å². The molecule has 0 aromatic heterocycles. The zero-order valence-corrected chi connectivity index (χ0v) is 9.98. The molecule has 0 spiro atoms. The quantitative estimate of drug-likeness (QED) is 0.780. The molecule has 4 nitrogen and oxygen atoms in total. The van der Waals surface area contributed by atoms with Crippen LogP contribution >= 0.6 is 0 Å². The number of carbonyl (C=O) groups is 1. The average Bonchev–Trinajstić information content (AvgIpc) is 2.83. The van der Waals surface area contributed by atoms with E-state index >= 15 is 0 Å². The molecule has 4 heteroatoms. The lowest BCUT2D eigenvalue weighted by Crippen LogP contribution is -2.40. The number of nitrogen functional groups attached to an aromatic ring is 1. The molecule has 0 aliphatic carbocycles. The Bertz CT molecular complexity index is 383. The molecule has 3 N–H and O–H groups in total. The zero-order chi connectivity index (χ0) is 12.3. The molecule has 17 heavy (non-hydrogen) atoms. The first-order chi connectivity index (χ1) is 8.16. The number of hydrogen-bond acceptors (Lipinski definition) is 3. The van der Waals surface area contributed by atoms with Gasteiger partial charge in [-0.2, -0.15) is 0 Å². The van der Waals surface area contributed by atoms with Gasteiger partial charge in [-0.15, -0.1) is 0 Å². The molecule has 2 atom stereocenters. The molecule has 0 bridgehead atoms. The van der Waals surface area contributed by atoms with E-state index in [-0.39, 0.29) is 18.1 Å². The molecule has 2 rings (SSSR count). The van der Waals surface area contributed by atoms with Gasteiger partial charge in [0.1, 0.15) is 0 Å². The third kappa shape index (κ3) is 2.97. The highest BCUT2D eigenvalue weighted by Crippen LogP contribution is 2.16. The van der Waals surface area contributed by atoms with Crippen molar-refractivity contribution in [2.45, 2.75) is 31.9 Å². The Balaban J connectivity index is 1.94. The van der Waals surface area contributed by atoms with Gasteiger partial charge in [0.15, 0.2) is 0 Å². The Morgan fingerprint density at radius 1 is 1.47 bits per heavy atom. The van der Waals surface area contributed by atoms with Crippen LogP contribution in [0.5, 0.6) is 0 Å². The van der Waals surface area contributed by atoms with Crippen LogP contribution in [-0.2, 0) is 4.74 Å². The van der Waals surface area contributed by atoms with E-state index in [9.17, 15) is 4.79 Å². The second-order valence-corrected chi connectivity index (χ2v) is 4.44. The summed E-state index contributed by atoms with van der Waals surface area (Å²) in [6, 6.07) is 6.96. The van der Waals surface area contributed by atoms with Gasteiger partial charge in [0.2, 0.25) is 0 Å². The van der Waals surface area contributed by atoms with Crippen molar-refractivity contribution in [1.82, 2.24) is 5.32 Å². The second kappa shape index (κ2) is 5.19. The van der Waals surface area contributed by atoms with E-state index in [2.05, 4.69) is 5.32 Å². The van der Waals surface area contributed by atoms with Gasteiger partial charge in [0.25, 0.3) is 5.91 Å². The van der Waals surface area contributed by atoms with Gasteiger partial charge < -0.3 is 15.8 Å². The molecule has 1 amide bonds. The fourth-order valence-corrected chi connectivity index (χ4v) is 2.01. The summed E-state index contributed by atoms with van der Waals surface area (Å²) in [4.78, 5) is 11.9. The van der Waals surface area contributed by atoms with Crippen molar-refractivity contribution < 1.29 is 9.53 Å². The maximum absolute atomic E-state index is 11.9. The maximum atomic E-state index is 11.9. The Kier molecular flexibility index (Phi) is 3.64. The number of amides is 1. The van der Waals surface area contributed by atoms with E-state index < -0.39 is 0 Å². The third-order valence-corrected chi connectivity index (χ3v) is 3.05. The molecule has 1 aliphatic rings. The molecule has 1 heterocycles. The topological polar surface area (TPSA) is 64.4 Å². The molecule has 1 saturated heterocycles. The van der Waals surface area contributed by atoms with Gasteiger partial charge >= 0.3 is 0 Å². The van der Waals surface area contributed by atoms with Crippen LogP contribution in [-0.4, -0.2) is 24.7 Å². The summed E-state index contributed by atoms with van der Waals surface area (Å²) >= 11 is 0. The summed E-state index contributed by atoms with van der Waals surface area (Å²) in [5.41, 5.74) is 6.87. The van der Waals surface area contributed by atoms with Crippen LogP contribution in [0.25, 0.3) is 0 Å². The van der Waals surface area contributed by atoms with Gasteiger partial charge in [0.05, 0.1) is 12.1 Å². The summed E-state index contributed by atoms with van der Waals surface area (Å²) in [6.07, 6.45) is 2.24. The van der Waals surface area contributed by atoms with Crippen LogP contribution in [0.4, 0.5) is 5.69 Å². The van der Waals surface area contributed by atoms with E-state index in [1.807, 2.05) is 6.92 Å². The second-order valence-electron chi connectivity index (χ2n) is 4.44. The number of hydrogen-bond donors (Lipinski definition) is 2. The first kappa shape index (κ1) is 11.9. The van der Waals surface area contributed by atoms with E-state index in [1.54, 1.807) is 24.3 Å². The molecular formula is C13H18N2O2. The fourth-order valence-electron chi connectivity index (χ4n) is 2.01. The van der Waals surface area contributed by atoms with Crippen molar-refractivity contribution in [1.29, 1.82) is 0 Å². The minimum Gasteiger partial charge on any atom is -0.399 e. The van der Waals surface area contributed by atoms with E-state index in [4.69, 9.17) is 10.5 Å². The maximum Gasteiger partial charge on any atom is 0.251 e. The lowest BCUT2D eigenvalue weighted by atomic mass is 10.1. The van der Waals surface area contributed by atoms with E-state index in [0.717, 1.165) is 19.4 Å². The number of benzene rings is 1. The summed E-state index contributed by atoms with van der Waals surface area (Å²) in [6.45, 7) is 2.78. The number of carbonyl (C=O) groups excluding carboxylic acids is 1. The lowest BCUT2D eigenvalue weighted by molar-refractivity contribution is 0.0712. The predicted octanol–water partition coefficient (Wildman–Crippen LogP) is 1.57. The molecule has 1 aromatic carbocycles. The van der Waals surface area contributed by atoms with E-state index in [1.165, 1.54) is 0 Å².